The van der Waals surface area contributed by atoms with Crippen LogP contribution in [0.1, 0.15) is 48.1 Å². The van der Waals surface area contributed by atoms with E-state index >= 15 is 0 Å². The predicted octanol–water partition coefficient (Wildman–Crippen LogP) is 3.51. The van der Waals surface area contributed by atoms with E-state index in [0.717, 1.165) is 92.5 Å². The van der Waals surface area contributed by atoms with Gasteiger partial charge < -0.3 is 9.64 Å². The van der Waals surface area contributed by atoms with Crippen molar-refractivity contribution in [3.8, 4) is 5.69 Å². The first-order valence-corrected chi connectivity index (χ1v) is 12.1. The summed E-state index contributed by atoms with van der Waals surface area (Å²) in [5, 5.41) is 10.2. The van der Waals surface area contributed by atoms with Gasteiger partial charge in [-0.25, -0.2) is 4.98 Å². The Morgan fingerprint density at radius 2 is 1.88 bits per heavy atom. The minimum Gasteiger partial charge on any atom is -0.380 e. The zero-order valence-corrected chi connectivity index (χ0v) is 19.6. The maximum Gasteiger partial charge on any atom is 0.151 e. The normalized spacial score (nSPS) is 21.6. The van der Waals surface area contributed by atoms with Gasteiger partial charge in [-0.15, -0.1) is 10.2 Å². The molecule has 0 aliphatic carbocycles. The van der Waals surface area contributed by atoms with Gasteiger partial charge in [0, 0.05) is 55.6 Å². The van der Waals surface area contributed by atoms with Gasteiger partial charge in [0.15, 0.2) is 5.82 Å². The third-order valence-corrected chi connectivity index (χ3v) is 7.43. The van der Waals surface area contributed by atoms with Gasteiger partial charge in [-0.3, -0.25) is 14.5 Å². The molecule has 9 heteroatoms. The molecule has 33 heavy (non-hydrogen) atoms. The van der Waals surface area contributed by atoms with Gasteiger partial charge in [0.05, 0.1) is 24.5 Å². The zero-order valence-electron chi connectivity index (χ0n) is 18.8. The van der Waals surface area contributed by atoms with E-state index in [0.29, 0.717) is 12.0 Å². The molecule has 0 bridgehead atoms. The minimum absolute atomic E-state index is 0.351. The van der Waals surface area contributed by atoms with Gasteiger partial charge in [0.1, 0.15) is 11.6 Å². The van der Waals surface area contributed by atoms with Crippen molar-refractivity contribution in [2.45, 2.75) is 51.2 Å². The fourth-order valence-corrected chi connectivity index (χ4v) is 5.64. The number of ether oxygens (including phenoxy) is 1. The molecule has 172 valence electrons. The van der Waals surface area contributed by atoms with Crippen LogP contribution in [-0.4, -0.2) is 62.0 Å². The van der Waals surface area contributed by atoms with E-state index in [-0.39, 0.29) is 0 Å². The van der Waals surface area contributed by atoms with Crippen molar-refractivity contribution in [2.75, 3.05) is 31.2 Å². The summed E-state index contributed by atoms with van der Waals surface area (Å²) in [4.78, 5) is 13.8. The first-order chi connectivity index (χ1) is 16.2. The summed E-state index contributed by atoms with van der Waals surface area (Å²) in [6, 6.07) is 6.60. The molecule has 3 aliphatic heterocycles. The fourth-order valence-electron chi connectivity index (χ4n) is 5.44. The SMILES string of the molecule is Cc1nccnc1N1CCC(c2nnc3n2-c2ccc(Cl)cc2CN([C@H]2CCOC2)C3)CC1. The average Bonchev–Trinajstić information content (AvgIpc) is 3.47. The zero-order chi connectivity index (χ0) is 22.4. The van der Waals surface area contributed by atoms with Crippen molar-refractivity contribution in [3.05, 3.63) is 58.5 Å². The third kappa shape index (κ3) is 3.90. The second kappa shape index (κ2) is 8.66. The van der Waals surface area contributed by atoms with Crippen LogP contribution in [0.2, 0.25) is 5.02 Å². The molecule has 6 rings (SSSR count). The number of halogens is 1. The quantitative estimate of drug-likeness (QED) is 0.586. The lowest BCUT2D eigenvalue weighted by Crippen LogP contribution is -2.35. The second-order valence-corrected chi connectivity index (χ2v) is 9.67. The van der Waals surface area contributed by atoms with Crippen LogP contribution in [0.25, 0.3) is 5.69 Å². The highest BCUT2D eigenvalue weighted by molar-refractivity contribution is 6.30. The first kappa shape index (κ1) is 21.0. The Hall–Kier alpha value is -2.55. The molecule has 5 heterocycles. The number of piperidine rings is 1. The molecule has 2 aromatic heterocycles. The molecule has 0 spiro atoms. The molecule has 3 aromatic rings. The Bertz CT molecular complexity index is 1150. The van der Waals surface area contributed by atoms with Gasteiger partial charge >= 0.3 is 0 Å². The molecule has 3 aliphatic rings. The largest absolute Gasteiger partial charge is 0.380 e. The third-order valence-electron chi connectivity index (χ3n) is 7.19. The number of aryl methyl sites for hydroxylation is 1. The van der Waals surface area contributed by atoms with Crippen LogP contribution in [0.15, 0.2) is 30.6 Å². The lowest BCUT2D eigenvalue weighted by atomic mass is 9.95. The van der Waals surface area contributed by atoms with Crippen LogP contribution in [0.3, 0.4) is 0 Å². The lowest BCUT2D eigenvalue weighted by Gasteiger charge is -2.33. The van der Waals surface area contributed by atoms with Gasteiger partial charge in [-0.2, -0.15) is 0 Å². The molecule has 1 atom stereocenters. The molecule has 0 saturated carbocycles. The standard InChI is InChI=1S/C24H28ClN7O/c1-16-23(27-8-7-26-16)30-9-4-17(5-10-30)24-29-28-22-14-31(20-6-11-33-15-20)13-18-12-19(25)2-3-21(18)32(22)24/h2-3,7-8,12,17,20H,4-6,9-11,13-15H2,1H3/t20-/m0/s1. The number of nitrogens with zero attached hydrogens (tertiary/aromatic N) is 7. The van der Waals surface area contributed by atoms with Gasteiger partial charge in [-0.05, 0) is 49.9 Å². The van der Waals surface area contributed by atoms with E-state index in [1.165, 1.54) is 5.56 Å². The van der Waals surface area contributed by atoms with E-state index in [1.54, 1.807) is 12.4 Å². The van der Waals surface area contributed by atoms with Crippen molar-refractivity contribution in [1.82, 2.24) is 29.6 Å². The molecule has 2 fully saturated rings. The summed E-state index contributed by atoms with van der Waals surface area (Å²) in [5.74, 6) is 3.41. The number of rotatable bonds is 3. The van der Waals surface area contributed by atoms with Gasteiger partial charge in [0.2, 0.25) is 0 Å². The molecule has 0 amide bonds. The lowest BCUT2D eigenvalue weighted by molar-refractivity contribution is 0.133. The summed E-state index contributed by atoms with van der Waals surface area (Å²) in [6.07, 6.45) is 6.60. The smallest absolute Gasteiger partial charge is 0.151 e. The monoisotopic (exact) mass is 465 g/mol. The summed E-state index contributed by atoms with van der Waals surface area (Å²) in [5.41, 5.74) is 3.36. The molecular weight excluding hydrogens is 438 g/mol. The number of hydrogen-bond acceptors (Lipinski definition) is 7. The first-order valence-electron chi connectivity index (χ1n) is 11.7. The maximum absolute atomic E-state index is 6.41. The topological polar surface area (TPSA) is 72.2 Å². The van der Waals surface area contributed by atoms with E-state index in [2.05, 4.69) is 41.6 Å². The average molecular weight is 466 g/mol. The summed E-state index contributed by atoms with van der Waals surface area (Å²) >= 11 is 6.41. The highest BCUT2D eigenvalue weighted by Crippen LogP contribution is 2.35. The minimum atomic E-state index is 0.351. The molecule has 0 N–H and O–H groups in total. The maximum atomic E-state index is 6.41. The molecule has 0 unspecified atom stereocenters. The molecular formula is C24H28ClN7O. The van der Waals surface area contributed by atoms with Crippen molar-refractivity contribution in [1.29, 1.82) is 0 Å². The summed E-state index contributed by atoms with van der Waals surface area (Å²) in [7, 11) is 0. The van der Waals surface area contributed by atoms with Crippen molar-refractivity contribution < 1.29 is 4.74 Å². The van der Waals surface area contributed by atoms with E-state index in [4.69, 9.17) is 21.4 Å². The van der Waals surface area contributed by atoms with E-state index in [9.17, 15) is 0 Å². The summed E-state index contributed by atoms with van der Waals surface area (Å²) < 4.78 is 7.98. The van der Waals surface area contributed by atoms with Crippen LogP contribution in [0.4, 0.5) is 5.82 Å². The molecule has 8 nitrogen and oxygen atoms in total. The predicted molar refractivity (Wildman–Crippen MR) is 126 cm³/mol. The Labute approximate surface area is 198 Å². The highest BCUT2D eigenvalue weighted by atomic mass is 35.5. The van der Waals surface area contributed by atoms with Crippen molar-refractivity contribution >= 4 is 17.4 Å². The molecule has 2 saturated heterocycles. The Balaban J connectivity index is 1.31. The molecule has 1 aromatic carbocycles. The molecule has 0 radical (unpaired) electrons. The highest BCUT2D eigenvalue weighted by Gasteiger charge is 2.33. The number of aromatic nitrogens is 5. The van der Waals surface area contributed by atoms with Gasteiger partial charge in [-0.1, -0.05) is 11.6 Å². The second-order valence-electron chi connectivity index (χ2n) is 9.23. The van der Waals surface area contributed by atoms with Gasteiger partial charge in [0.25, 0.3) is 0 Å². The van der Waals surface area contributed by atoms with Crippen LogP contribution in [-0.2, 0) is 17.8 Å². The van der Waals surface area contributed by atoms with Crippen LogP contribution in [0, 0.1) is 6.92 Å². The number of hydrogen-bond donors (Lipinski definition) is 0. The van der Waals surface area contributed by atoms with Crippen LogP contribution >= 0.6 is 11.6 Å². The van der Waals surface area contributed by atoms with Crippen LogP contribution in [0.5, 0.6) is 0 Å². The summed E-state index contributed by atoms with van der Waals surface area (Å²) in [6.45, 7) is 7.11. The Morgan fingerprint density at radius 3 is 2.67 bits per heavy atom. The Kier molecular flexibility index (Phi) is 5.52. The van der Waals surface area contributed by atoms with Crippen LogP contribution < -0.4 is 4.90 Å². The fraction of sp³-hybridized carbons (Fsp3) is 0.500. The number of benzene rings is 1. The number of anilines is 1. The van der Waals surface area contributed by atoms with Crippen molar-refractivity contribution in [3.63, 3.8) is 0 Å². The Morgan fingerprint density at radius 1 is 1.03 bits per heavy atom. The van der Waals surface area contributed by atoms with E-state index < -0.39 is 0 Å². The number of fused-ring (bicyclic) bond motifs is 3. The van der Waals surface area contributed by atoms with E-state index in [1.807, 2.05) is 13.0 Å². The van der Waals surface area contributed by atoms with Crippen molar-refractivity contribution in [2.24, 2.45) is 0 Å².